The van der Waals surface area contributed by atoms with Crippen molar-refractivity contribution < 1.29 is 9.21 Å². The summed E-state index contributed by atoms with van der Waals surface area (Å²) in [5.74, 6) is 2.38. The van der Waals surface area contributed by atoms with Crippen molar-refractivity contribution in [3.63, 3.8) is 0 Å². The topological polar surface area (TPSA) is 85.3 Å². The largest absolute Gasteiger partial charge is 0.423 e. The molecular formula is C20H27N5O2. The molecule has 0 spiro atoms. The molecule has 0 aliphatic carbocycles. The van der Waals surface area contributed by atoms with Crippen molar-refractivity contribution in [3.8, 4) is 0 Å². The smallest absolute Gasteiger partial charge is 0.272 e. The quantitative estimate of drug-likeness (QED) is 0.686. The fourth-order valence-electron chi connectivity index (χ4n) is 3.15. The number of fused-ring (bicyclic) bond motifs is 1. The molecule has 1 atom stereocenters. The Balaban J connectivity index is 1.92. The molecule has 144 valence electrons. The van der Waals surface area contributed by atoms with E-state index in [0.717, 1.165) is 17.8 Å². The SMILES string of the molecule is Cc1nnc(C(CC(C)C)NC(=O)c2nc(CC(C)C)n3ccccc23)o1. The van der Waals surface area contributed by atoms with Crippen LogP contribution in [0.1, 0.15) is 68.3 Å². The van der Waals surface area contributed by atoms with Gasteiger partial charge in [0, 0.05) is 19.5 Å². The van der Waals surface area contributed by atoms with Crippen LogP contribution in [0, 0.1) is 18.8 Å². The monoisotopic (exact) mass is 369 g/mol. The van der Waals surface area contributed by atoms with Crippen molar-refractivity contribution in [1.29, 1.82) is 0 Å². The molecule has 7 nitrogen and oxygen atoms in total. The van der Waals surface area contributed by atoms with E-state index in [4.69, 9.17) is 4.42 Å². The normalized spacial score (nSPS) is 12.9. The van der Waals surface area contributed by atoms with Crippen molar-refractivity contribution >= 4 is 11.4 Å². The van der Waals surface area contributed by atoms with E-state index in [0.29, 0.717) is 35.7 Å². The van der Waals surface area contributed by atoms with E-state index in [-0.39, 0.29) is 11.9 Å². The molecule has 0 aliphatic rings. The molecule has 3 rings (SSSR count). The highest BCUT2D eigenvalue weighted by Gasteiger charge is 2.25. The molecule has 0 saturated heterocycles. The Morgan fingerprint density at radius 3 is 2.59 bits per heavy atom. The average Bonchev–Trinajstić information content (AvgIpc) is 3.18. The van der Waals surface area contributed by atoms with Crippen LogP contribution >= 0.6 is 0 Å². The lowest BCUT2D eigenvalue weighted by atomic mass is 10.0. The Hall–Kier alpha value is -2.70. The van der Waals surface area contributed by atoms with Crippen molar-refractivity contribution in [1.82, 2.24) is 24.9 Å². The first kappa shape index (κ1) is 19.1. The van der Waals surface area contributed by atoms with E-state index in [1.54, 1.807) is 6.92 Å². The summed E-state index contributed by atoms with van der Waals surface area (Å²) in [7, 11) is 0. The van der Waals surface area contributed by atoms with Gasteiger partial charge in [-0.15, -0.1) is 10.2 Å². The highest BCUT2D eigenvalue weighted by molar-refractivity contribution is 5.99. The molecule has 1 unspecified atom stereocenters. The number of nitrogens with one attached hydrogen (secondary N) is 1. The van der Waals surface area contributed by atoms with Gasteiger partial charge in [0.05, 0.1) is 5.52 Å². The summed E-state index contributed by atoms with van der Waals surface area (Å²) in [6.07, 6.45) is 3.46. The van der Waals surface area contributed by atoms with Gasteiger partial charge in [0.25, 0.3) is 5.91 Å². The summed E-state index contributed by atoms with van der Waals surface area (Å²) in [6, 6.07) is 5.44. The summed E-state index contributed by atoms with van der Waals surface area (Å²) < 4.78 is 7.56. The number of aryl methyl sites for hydroxylation is 1. The standard InChI is InChI=1S/C20H27N5O2/c1-12(2)10-15(20-24-23-14(5)27-20)21-19(26)18-16-8-6-7-9-25(16)17(22-18)11-13(3)4/h6-9,12-13,15H,10-11H2,1-5H3,(H,21,26). The molecule has 3 aromatic rings. The molecule has 0 fully saturated rings. The number of carbonyl (C=O) groups is 1. The van der Waals surface area contributed by atoms with E-state index >= 15 is 0 Å². The summed E-state index contributed by atoms with van der Waals surface area (Å²) in [4.78, 5) is 17.7. The van der Waals surface area contributed by atoms with Gasteiger partial charge in [-0.3, -0.25) is 4.79 Å². The minimum Gasteiger partial charge on any atom is -0.423 e. The van der Waals surface area contributed by atoms with Crippen LogP contribution < -0.4 is 5.32 Å². The minimum atomic E-state index is -0.340. The third-order valence-electron chi connectivity index (χ3n) is 4.28. The number of hydrogen-bond acceptors (Lipinski definition) is 5. The Bertz CT molecular complexity index is 925. The fraction of sp³-hybridized carbons (Fsp3) is 0.500. The van der Waals surface area contributed by atoms with Crippen LogP contribution in [-0.2, 0) is 6.42 Å². The third-order valence-corrected chi connectivity index (χ3v) is 4.28. The van der Waals surface area contributed by atoms with Crippen LogP contribution in [0.3, 0.4) is 0 Å². The predicted molar refractivity (Wildman–Crippen MR) is 102 cm³/mol. The maximum Gasteiger partial charge on any atom is 0.272 e. The highest BCUT2D eigenvalue weighted by Crippen LogP contribution is 2.22. The molecular weight excluding hydrogens is 342 g/mol. The number of nitrogens with zero attached hydrogens (tertiary/aromatic N) is 4. The number of aromatic nitrogens is 4. The molecule has 0 aromatic carbocycles. The van der Waals surface area contributed by atoms with Crippen molar-refractivity contribution in [3.05, 3.63) is 47.7 Å². The lowest BCUT2D eigenvalue weighted by Crippen LogP contribution is -2.30. The fourth-order valence-corrected chi connectivity index (χ4v) is 3.15. The van der Waals surface area contributed by atoms with Gasteiger partial charge in [0.15, 0.2) is 5.69 Å². The molecule has 27 heavy (non-hydrogen) atoms. The van der Waals surface area contributed by atoms with Crippen molar-refractivity contribution in [2.45, 2.75) is 53.5 Å². The van der Waals surface area contributed by atoms with Crippen LogP contribution in [0.2, 0.25) is 0 Å². The second-order valence-corrected chi connectivity index (χ2v) is 7.75. The van der Waals surface area contributed by atoms with E-state index in [2.05, 4.69) is 48.2 Å². The van der Waals surface area contributed by atoms with Gasteiger partial charge in [-0.1, -0.05) is 33.8 Å². The van der Waals surface area contributed by atoms with Crippen LogP contribution in [0.25, 0.3) is 5.52 Å². The van der Waals surface area contributed by atoms with Crippen LogP contribution in [0.4, 0.5) is 0 Å². The van der Waals surface area contributed by atoms with Crippen molar-refractivity contribution in [2.75, 3.05) is 0 Å². The molecule has 7 heteroatoms. The molecule has 0 bridgehead atoms. The first-order valence-corrected chi connectivity index (χ1v) is 9.42. The Kier molecular flexibility index (Phi) is 5.58. The van der Waals surface area contributed by atoms with Gasteiger partial charge in [0.2, 0.25) is 11.8 Å². The zero-order valence-electron chi connectivity index (χ0n) is 16.6. The third kappa shape index (κ3) is 4.35. The Morgan fingerprint density at radius 1 is 1.19 bits per heavy atom. The van der Waals surface area contributed by atoms with Gasteiger partial charge in [-0.25, -0.2) is 4.98 Å². The molecule has 0 radical (unpaired) electrons. The lowest BCUT2D eigenvalue weighted by molar-refractivity contribution is 0.0921. The van der Waals surface area contributed by atoms with Gasteiger partial charge >= 0.3 is 0 Å². The van der Waals surface area contributed by atoms with E-state index in [1.807, 2.05) is 28.8 Å². The number of carbonyl (C=O) groups excluding carboxylic acids is 1. The zero-order chi connectivity index (χ0) is 19.6. The predicted octanol–water partition coefficient (Wildman–Crippen LogP) is 3.74. The Labute approximate surface area is 159 Å². The van der Waals surface area contributed by atoms with Gasteiger partial charge in [0.1, 0.15) is 11.9 Å². The summed E-state index contributed by atoms with van der Waals surface area (Å²) in [5.41, 5.74) is 1.23. The summed E-state index contributed by atoms with van der Waals surface area (Å²) in [5, 5.41) is 11.0. The lowest BCUT2D eigenvalue weighted by Gasteiger charge is -2.16. The van der Waals surface area contributed by atoms with Crippen LogP contribution in [0.15, 0.2) is 28.8 Å². The number of imidazole rings is 1. The van der Waals surface area contributed by atoms with Gasteiger partial charge in [-0.05, 0) is 30.4 Å². The second-order valence-electron chi connectivity index (χ2n) is 7.75. The molecule has 1 amide bonds. The van der Waals surface area contributed by atoms with Crippen molar-refractivity contribution in [2.24, 2.45) is 11.8 Å². The number of amides is 1. The molecule has 0 aliphatic heterocycles. The van der Waals surface area contributed by atoms with E-state index < -0.39 is 0 Å². The minimum absolute atomic E-state index is 0.227. The molecule has 3 heterocycles. The maximum absolute atomic E-state index is 13.1. The molecule has 3 aromatic heterocycles. The first-order valence-electron chi connectivity index (χ1n) is 9.42. The average molecular weight is 369 g/mol. The number of hydrogen-bond donors (Lipinski definition) is 1. The summed E-state index contributed by atoms with van der Waals surface area (Å²) >= 11 is 0. The zero-order valence-corrected chi connectivity index (χ0v) is 16.6. The van der Waals surface area contributed by atoms with E-state index in [1.165, 1.54) is 0 Å². The Morgan fingerprint density at radius 2 is 1.96 bits per heavy atom. The number of pyridine rings is 1. The second kappa shape index (κ2) is 7.90. The van der Waals surface area contributed by atoms with Crippen LogP contribution in [-0.4, -0.2) is 25.5 Å². The first-order chi connectivity index (χ1) is 12.8. The van der Waals surface area contributed by atoms with E-state index in [9.17, 15) is 4.79 Å². The maximum atomic E-state index is 13.1. The molecule has 1 N–H and O–H groups in total. The molecule has 0 saturated carbocycles. The van der Waals surface area contributed by atoms with Crippen LogP contribution in [0.5, 0.6) is 0 Å². The van der Waals surface area contributed by atoms with Gasteiger partial charge < -0.3 is 14.1 Å². The summed E-state index contributed by atoms with van der Waals surface area (Å²) in [6.45, 7) is 10.2. The highest BCUT2D eigenvalue weighted by atomic mass is 16.4. The number of rotatable bonds is 7. The van der Waals surface area contributed by atoms with Gasteiger partial charge in [-0.2, -0.15) is 0 Å².